The summed E-state index contributed by atoms with van der Waals surface area (Å²) in [6.07, 6.45) is 4.96. The number of anilines is 3. The van der Waals surface area contributed by atoms with Gasteiger partial charge in [-0.05, 0) is 55.3 Å². The lowest BCUT2D eigenvalue weighted by Gasteiger charge is -2.15. The second-order valence-corrected chi connectivity index (χ2v) is 8.33. The van der Waals surface area contributed by atoms with Gasteiger partial charge in [-0.15, -0.1) is 0 Å². The van der Waals surface area contributed by atoms with Gasteiger partial charge in [0.05, 0.1) is 5.69 Å². The standard InChI is InChI=1S/C24H26ClFN4O/c25-17-6-9-21(16(11-17)13-26)29-19-7-10-23(31)20(12-19)22-8-5-15(24(27)30-22)14-28-18-3-1-2-4-18/h5-12,18,28-29,31H,1-4,13-14H2,(H2,27,30). The molecule has 0 spiro atoms. The number of nitrogens with zero attached hydrogens (tertiary/aromatic N) is 1. The van der Waals surface area contributed by atoms with Crippen LogP contribution in [0.2, 0.25) is 5.02 Å². The van der Waals surface area contributed by atoms with Gasteiger partial charge in [0.15, 0.2) is 0 Å². The zero-order chi connectivity index (χ0) is 21.8. The van der Waals surface area contributed by atoms with Crippen molar-refractivity contribution in [1.29, 1.82) is 0 Å². The number of pyridine rings is 1. The normalized spacial score (nSPS) is 14.1. The maximum Gasteiger partial charge on any atom is 0.128 e. The molecule has 0 amide bonds. The van der Waals surface area contributed by atoms with E-state index in [2.05, 4.69) is 15.6 Å². The highest BCUT2D eigenvalue weighted by atomic mass is 35.5. The fourth-order valence-electron chi connectivity index (χ4n) is 3.96. The van der Waals surface area contributed by atoms with E-state index in [0.29, 0.717) is 51.6 Å². The Morgan fingerprint density at radius 1 is 1.06 bits per heavy atom. The number of nitrogens with one attached hydrogen (secondary N) is 2. The molecule has 1 heterocycles. The second kappa shape index (κ2) is 9.54. The zero-order valence-corrected chi connectivity index (χ0v) is 17.9. The van der Waals surface area contributed by atoms with Crippen LogP contribution in [-0.2, 0) is 13.2 Å². The number of benzene rings is 2. The average Bonchev–Trinajstić information content (AvgIpc) is 3.29. The van der Waals surface area contributed by atoms with Crippen LogP contribution in [0.5, 0.6) is 5.75 Å². The highest BCUT2D eigenvalue weighted by molar-refractivity contribution is 6.30. The van der Waals surface area contributed by atoms with Crippen molar-refractivity contribution in [3.05, 3.63) is 64.7 Å². The molecule has 2 aromatic carbocycles. The summed E-state index contributed by atoms with van der Waals surface area (Å²) in [6, 6.07) is 14.4. The minimum atomic E-state index is -0.637. The predicted molar refractivity (Wildman–Crippen MR) is 124 cm³/mol. The Bertz CT molecular complexity index is 1070. The minimum absolute atomic E-state index is 0.0936. The van der Waals surface area contributed by atoms with Crippen LogP contribution in [0.25, 0.3) is 11.3 Å². The predicted octanol–water partition coefficient (Wildman–Crippen LogP) is 5.94. The van der Waals surface area contributed by atoms with Gasteiger partial charge in [-0.1, -0.05) is 30.5 Å². The Balaban J connectivity index is 1.54. The summed E-state index contributed by atoms with van der Waals surface area (Å²) >= 11 is 5.96. The van der Waals surface area contributed by atoms with Crippen molar-refractivity contribution in [2.75, 3.05) is 11.1 Å². The Morgan fingerprint density at radius 2 is 1.87 bits per heavy atom. The van der Waals surface area contributed by atoms with Gasteiger partial charge >= 0.3 is 0 Å². The number of alkyl halides is 1. The summed E-state index contributed by atoms with van der Waals surface area (Å²) in [7, 11) is 0. The van der Waals surface area contributed by atoms with Gasteiger partial charge in [0, 0.05) is 45.7 Å². The zero-order valence-electron chi connectivity index (χ0n) is 17.2. The quantitative estimate of drug-likeness (QED) is 0.342. The fraction of sp³-hybridized carbons (Fsp3) is 0.292. The van der Waals surface area contributed by atoms with E-state index in [4.69, 9.17) is 17.3 Å². The first-order valence-corrected chi connectivity index (χ1v) is 10.8. The molecule has 0 radical (unpaired) electrons. The number of phenols is 1. The maximum absolute atomic E-state index is 13.4. The van der Waals surface area contributed by atoms with Crippen molar-refractivity contribution in [3.8, 4) is 17.0 Å². The molecule has 0 aliphatic heterocycles. The molecule has 7 heteroatoms. The Kier molecular flexibility index (Phi) is 6.59. The number of hydrogen-bond donors (Lipinski definition) is 4. The van der Waals surface area contributed by atoms with Crippen molar-refractivity contribution in [2.45, 2.75) is 44.9 Å². The average molecular weight is 441 g/mol. The molecule has 5 nitrogen and oxygen atoms in total. The third-order valence-corrected chi connectivity index (χ3v) is 5.95. The molecule has 5 N–H and O–H groups in total. The lowest BCUT2D eigenvalue weighted by molar-refractivity contribution is 0.477. The Morgan fingerprint density at radius 3 is 2.61 bits per heavy atom. The number of halogens is 2. The molecule has 1 saturated carbocycles. The molecular weight excluding hydrogens is 415 g/mol. The van der Waals surface area contributed by atoms with Crippen LogP contribution in [0.3, 0.4) is 0 Å². The monoisotopic (exact) mass is 440 g/mol. The third-order valence-electron chi connectivity index (χ3n) is 5.71. The first-order chi connectivity index (χ1) is 15.0. The van der Waals surface area contributed by atoms with Gasteiger partial charge in [0.25, 0.3) is 0 Å². The number of nitrogens with two attached hydrogens (primary N) is 1. The van der Waals surface area contributed by atoms with Crippen LogP contribution in [-0.4, -0.2) is 16.1 Å². The van der Waals surface area contributed by atoms with E-state index in [-0.39, 0.29) is 5.75 Å². The van der Waals surface area contributed by atoms with Gasteiger partial charge in [-0.3, -0.25) is 0 Å². The van der Waals surface area contributed by atoms with E-state index in [1.54, 1.807) is 36.4 Å². The molecule has 31 heavy (non-hydrogen) atoms. The first kappa shape index (κ1) is 21.4. The number of hydrogen-bond acceptors (Lipinski definition) is 5. The summed E-state index contributed by atoms with van der Waals surface area (Å²) in [6.45, 7) is 0.0439. The van der Waals surface area contributed by atoms with E-state index in [9.17, 15) is 9.50 Å². The molecule has 1 fully saturated rings. The van der Waals surface area contributed by atoms with Gasteiger partial charge in [0.2, 0.25) is 0 Å². The van der Waals surface area contributed by atoms with Crippen molar-refractivity contribution in [3.63, 3.8) is 0 Å². The summed E-state index contributed by atoms with van der Waals surface area (Å²) in [5.74, 6) is 0.536. The molecule has 1 aromatic heterocycles. The van der Waals surface area contributed by atoms with Crippen LogP contribution in [0.15, 0.2) is 48.5 Å². The number of nitrogen functional groups attached to an aromatic ring is 1. The highest BCUT2D eigenvalue weighted by Crippen LogP contribution is 2.34. The Hall–Kier alpha value is -2.83. The topological polar surface area (TPSA) is 83.2 Å². The largest absolute Gasteiger partial charge is 0.507 e. The molecule has 162 valence electrons. The lowest BCUT2D eigenvalue weighted by atomic mass is 10.1. The number of aromatic hydroxyl groups is 1. The van der Waals surface area contributed by atoms with Crippen LogP contribution in [0.4, 0.5) is 21.6 Å². The second-order valence-electron chi connectivity index (χ2n) is 7.90. The molecule has 1 aliphatic rings. The SMILES string of the molecule is Nc1nc(-c2cc(Nc3ccc(Cl)cc3CF)ccc2O)ccc1CNC1CCCC1. The van der Waals surface area contributed by atoms with Crippen molar-refractivity contribution < 1.29 is 9.50 Å². The summed E-state index contributed by atoms with van der Waals surface area (Å²) in [5, 5.41) is 17.6. The third kappa shape index (κ3) is 5.09. The lowest BCUT2D eigenvalue weighted by Crippen LogP contribution is -2.25. The van der Waals surface area contributed by atoms with Crippen LogP contribution >= 0.6 is 11.6 Å². The summed E-state index contributed by atoms with van der Waals surface area (Å²) in [4.78, 5) is 4.52. The number of rotatable bonds is 7. The van der Waals surface area contributed by atoms with Gasteiger partial charge in [-0.25, -0.2) is 9.37 Å². The fourth-order valence-corrected chi connectivity index (χ4v) is 4.15. The molecule has 0 bridgehead atoms. The van der Waals surface area contributed by atoms with Crippen molar-refractivity contribution in [2.24, 2.45) is 0 Å². The highest BCUT2D eigenvalue weighted by Gasteiger charge is 2.15. The van der Waals surface area contributed by atoms with Gasteiger partial charge in [-0.2, -0.15) is 0 Å². The number of aromatic nitrogens is 1. The van der Waals surface area contributed by atoms with Gasteiger partial charge in [0.1, 0.15) is 18.2 Å². The molecule has 0 unspecified atom stereocenters. The summed E-state index contributed by atoms with van der Waals surface area (Å²) in [5.41, 5.74) is 10.0. The molecule has 1 aliphatic carbocycles. The van der Waals surface area contributed by atoms with Crippen molar-refractivity contribution >= 4 is 28.8 Å². The van der Waals surface area contributed by atoms with Crippen LogP contribution < -0.4 is 16.4 Å². The first-order valence-electron chi connectivity index (χ1n) is 10.5. The van der Waals surface area contributed by atoms with E-state index < -0.39 is 6.67 Å². The van der Waals surface area contributed by atoms with E-state index >= 15 is 0 Å². The van der Waals surface area contributed by atoms with E-state index in [1.807, 2.05) is 12.1 Å². The number of phenolic OH excluding ortho intramolecular Hbond substituents is 1. The minimum Gasteiger partial charge on any atom is -0.507 e. The molecule has 0 saturated heterocycles. The maximum atomic E-state index is 13.4. The van der Waals surface area contributed by atoms with E-state index in [1.165, 1.54) is 25.7 Å². The smallest absolute Gasteiger partial charge is 0.128 e. The summed E-state index contributed by atoms with van der Waals surface area (Å²) < 4.78 is 13.4. The van der Waals surface area contributed by atoms with E-state index in [0.717, 1.165) is 5.56 Å². The molecule has 4 rings (SSSR count). The van der Waals surface area contributed by atoms with Gasteiger partial charge < -0.3 is 21.5 Å². The van der Waals surface area contributed by atoms with Crippen molar-refractivity contribution in [1.82, 2.24) is 10.3 Å². The molecule has 3 aromatic rings. The molecular formula is C24H26ClFN4O. The van der Waals surface area contributed by atoms with Crippen LogP contribution in [0.1, 0.15) is 36.8 Å². The Labute approximate surface area is 186 Å². The molecule has 0 atom stereocenters. The van der Waals surface area contributed by atoms with Crippen LogP contribution in [0, 0.1) is 0 Å².